The molecule has 0 fully saturated rings. The van der Waals surface area contributed by atoms with Gasteiger partial charge in [-0.1, -0.05) is 30.3 Å². The first-order chi connectivity index (χ1) is 12.3. The lowest BCUT2D eigenvalue weighted by Crippen LogP contribution is -2.21. The van der Waals surface area contributed by atoms with Crippen molar-refractivity contribution in [1.82, 2.24) is 15.0 Å². The van der Waals surface area contributed by atoms with E-state index in [1.54, 1.807) is 17.7 Å². The molecule has 5 heteroatoms. The van der Waals surface area contributed by atoms with Crippen LogP contribution in [0.3, 0.4) is 0 Å². The summed E-state index contributed by atoms with van der Waals surface area (Å²) in [5, 5.41) is 3.31. The number of benzene rings is 1. The van der Waals surface area contributed by atoms with Crippen molar-refractivity contribution in [2.45, 2.75) is 6.42 Å². The number of pyridine rings is 1. The van der Waals surface area contributed by atoms with Gasteiger partial charge in [-0.05, 0) is 29.7 Å². The molecule has 0 saturated carbocycles. The number of aromatic nitrogens is 3. The van der Waals surface area contributed by atoms with Crippen LogP contribution in [-0.4, -0.2) is 28.5 Å². The number of thiophene rings is 1. The molecule has 0 saturated heterocycles. The molecule has 0 aliphatic heterocycles. The van der Waals surface area contributed by atoms with E-state index >= 15 is 0 Å². The molecular formula is C20H18N4S. The molecule has 0 unspecified atom stereocenters. The van der Waals surface area contributed by atoms with Gasteiger partial charge in [0.15, 0.2) is 0 Å². The van der Waals surface area contributed by atoms with E-state index in [-0.39, 0.29) is 0 Å². The molecule has 0 N–H and O–H groups in total. The predicted molar refractivity (Wildman–Crippen MR) is 104 cm³/mol. The van der Waals surface area contributed by atoms with Gasteiger partial charge in [-0.15, -0.1) is 11.3 Å². The summed E-state index contributed by atoms with van der Waals surface area (Å²) in [6, 6.07) is 14.6. The summed E-state index contributed by atoms with van der Waals surface area (Å²) in [6.07, 6.45) is 6.29. The third kappa shape index (κ3) is 3.23. The fraction of sp³-hybridized carbons (Fsp3) is 0.150. The highest BCUT2D eigenvalue weighted by atomic mass is 32.1. The lowest BCUT2D eigenvalue weighted by molar-refractivity contribution is 0.861. The first-order valence-corrected chi connectivity index (χ1v) is 9.08. The van der Waals surface area contributed by atoms with Crippen LogP contribution in [-0.2, 0) is 6.42 Å². The van der Waals surface area contributed by atoms with E-state index in [4.69, 9.17) is 0 Å². The van der Waals surface area contributed by atoms with Crippen LogP contribution < -0.4 is 4.90 Å². The van der Waals surface area contributed by atoms with Gasteiger partial charge >= 0.3 is 0 Å². The first kappa shape index (κ1) is 15.7. The van der Waals surface area contributed by atoms with Crippen molar-refractivity contribution in [1.29, 1.82) is 0 Å². The minimum absolute atomic E-state index is 0.889. The summed E-state index contributed by atoms with van der Waals surface area (Å²) >= 11 is 1.67. The first-order valence-electron chi connectivity index (χ1n) is 8.20. The quantitative estimate of drug-likeness (QED) is 0.536. The Labute approximate surface area is 150 Å². The smallest absolute Gasteiger partial charge is 0.141 e. The summed E-state index contributed by atoms with van der Waals surface area (Å²) in [5.41, 5.74) is 3.68. The van der Waals surface area contributed by atoms with Crippen molar-refractivity contribution in [2.24, 2.45) is 0 Å². The molecule has 25 heavy (non-hydrogen) atoms. The number of likely N-dealkylation sites (N-methyl/N-ethyl adjacent to an activating group) is 1. The van der Waals surface area contributed by atoms with Crippen LogP contribution in [0.4, 0.5) is 5.82 Å². The molecule has 0 aliphatic carbocycles. The second-order valence-electron chi connectivity index (χ2n) is 5.92. The van der Waals surface area contributed by atoms with E-state index < -0.39 is 0 Å². The van der Waals surface area contributed by atoms with E-state index in [0.29, 0.717) is 0 Å². The fourth-order valence-corrected chi connectivity index (χ4v) is 3.84. The van der Waals surface area contributed by atoms with Gasteiger partial charge in [0.05, 0.1) is 5.39 Å². The zero-order valence-corrected chi connectivity index (χ0v) is 14.8. The van der Waals surface area contributed by atoms with Gasteiger partial charge in [0.1, 0.15) is 17.0 Å². The van der Waals surface area contributed by atoms with Crippen molar-refractivity contribution < 1.29 is 0 Å². The van der Waals surface area contributed by atoms with Crippen LogP contribution in [0.2, 0.25) is 0 Å². The third-order valence-electron chi connectivity index (χ3n) is 4.28. The van der Waals surface area contributed by atoms with Crippen LogP contribution in [0.15, 0.2) is 66.6 Å². The Morgan fingerprint density at radius 2 is 1.80 bits per heavy atom. The average molecular weight is 346 g/mol. The third-order valence-corrected chi connectivity index (χ3v) is 5.17. The van der Waals surface area contributed by atoms with Crippen LogP contribution in [0.5, 0.6) is 0 Å². The van der Waals surface area contributed by atoms with Crippen LogP contribution in [0.1, 0.15) is 5.56 Å². The minimum Gasteiger partial charge on any atom is -0.359 e. The molecule has 0 amide bonds. The molecule has 124 valence electrons. The standard InChI is InChI=1S/C20H18N4S/c1-24(12-9-15-7-10-21-11-8-15)19-18-17(16-5-3-2-4-6-16)13-25-20(18)23-14-22-19/h2-8,10-11,13-14H,9,12H2,1H3. The van der Waals surface area contributed by atoms with Crippen molar-refractivity contribution >= 4 is 27.4 Å². The van der Waals surface area contributed by atoms with Gasteiger partial charge in [-0.25, -0.2) is 9.97 Å². The van der Waals surface area contributed by atoms with Crippen LogP contribution in [0, 0.1) is 0 Å². The predicted octanol–water partition coefficient (Wildman–Crippen LogP) is 4.43. The van der Waals surface area contributed by atoms with Crippen molar-refractivity contribution in [2.75, 3.05) is 18.5 Å². The zero-order valence-electron chi connectivity index (χ0n) is 14.0. The molecule has 4 nitrogen and oxygen atoms in total. The van der Waals surface area contributed by atoms with Gasteiger partial charge in [0, 0.05) is 36.9 Å². The van der Waals surface area contributed by atoms with Crippen molar-refractivity contribution in [3.63, 3.8) is 0 Å². The Hall–Kier alpha value is -2.79. The topological polar surface area (TPSA) is 41.9 Å². The number of anilines is 1. The Morgan fingerprint density at radius 1 is 1.00 bits per heavy atom. The Balaban J connectivity index is 1.68. The average Bonchev–Trinajstić information content (AvgIpc) is 3.12. The minimum atomic E-state index is 0.889. The summed E-state index contributed by atoms with van der Waals surface area (Å²) in [4.78, 5) is 16.4. The maximum atomic E-state index is 4.59. The molecule has 0 spiro atoms. The van der Waals surface area contributed by atoms with Crippen molar-refractivity contribution in [3.05, 3.63) is 72.1 Å². The van der Waals surface area contributed by atoms with E-state index in [2.05, 4.69) is 68.7 Å². The molecule has 0 aliphatic rings. The molecule has 0 atom stereocenters. The van der Waals surface area contributed by atoms with E-state index in [1.165, 1.54) is 16.7 Å². The Bertz CT molecular complexity index is 967. The van der Waals surface area contributed by atoms with Gasteiger partial charge < -0.3 is 4.90 Å². The van der Waals surface area contributed by atoms with Gasteiger partial charge in [-0.3, -0.25) is 4.98 Å². The van der Waals surface area contributed by atoms with Gasteiger partial charge in [-0.2, -0.15) is 0 Å². The normalized spacial score (nSPS) is 10.9. The monoisotopic (exact) mass is 346 g/mol. The SMILES string of the molecule is CN(CCc1ccncc1)c1ncnc2scc(-c3ccccc3)c12. The molecule has 1 aromatic carbocycles. The molecular weight excluding hydrogens is 328 g/mol. The summed E-state index contributed by atoms with van der Waals surface area (Å²) in [5.74, 6) is 0.985. The highest BCUT2D eigenvalue weighted by molar-refractivity contribution is 7.17. The molecule has 0 radical (unpaired) electrons. The lowest BCUT2D eigenvalue weighted by Gasteiger charge is -2.19. The molecule has 3 heterocycles. The Kier molecular flexibility index (Phi) is 4.39. The summed E-state index contributed by atoms with van der Waals surface area (Å²) in [6.45, 7) is 0.889. The van der Waals surface area contributed by atoms with Crippen LogP contribution >= 0.6 is 11.3 Å². The van der Waals surface area contributed by atoms with Crippen LogP contribution in [0.25, 0.3) is 21.3 Å². The summed E-state index contributed by atoms with van der Waals surface area (Å²) in [7, 11) is 2.09. The fourth-order valence-electron chi connectivity index (χ4n) is 2.93. The Morgan fingerprint density at radius 3 is 2.60 bits per heavy atom. The number of rotatable bonds is 5. The zero-order chi connectivity index (χ0) is 17.1. The second-order valence-corrected chi connectivity index (χ2v) is 6.78. The van der Waals surface area contributed by atoms with E-state index in [0.717, 1.165) is 29.0 Å². The molecule has 0 bridgehead atoms. The number of fused-ring (bicyclic) bond motifs is 1. The highest BCUT2D eigenvalue weighted by Gasteiger charge is 2.15. The summed E-state index contributed by atoms with van der Waals surface area (Å²) < 4.78 is 0. The molecule has 3 aromatic heterocycles. The number of hydrogen-bond acceptors (Lipinski definition) is 5. The second kappa shape index (κ2) is 6.99. The molecule has 4 aromatic rings. The highest BCUT2D eigenvalue weighted by Crippen LogP contribution is 2.37. The maximum absolute atomic E-state index is 4.59. The molecule has 4 rings (SSSR count). The van der Waals surface area contributed by atoms with E-state index in [9.17, 15) is 0 Å². The maximum Gasteiger partial charge on any atom is 0.141 e. The number of hydrogen-bond donors (Lipinski definition) is 0. The number of nitrogens with zero attached hydrogens (tertiary/aromatic N) is 4. The van der Waals surface area contributed by atoms with E-state index in [1.807, 2.05) is 18.5 Å². The van der Waals surface area contributed by atoms with Gasteiger partial charge in [0.2, 0.25) is 0 Å². The largest absolute Gasteiger partial charge is 0.359 e. The van der Waals surface area contributed by atoms with Crippen molar-refractivity contribution in [3.8, 4) is 11.1 Å². The van der Waals surface area contributed by atoms with Gasteiger partial charge in [0.25, 0.3) is 0 Å². The lowest BCUT2D eigenvalue weighted by atomic mass is 10.1.